The molecule has 2 heterocycles. The van der Waals surface area contributed by atoms with E-state index in [1.165, 1.54) is 11.8 Å². The lowest BCUT2D eigenvalue weighted by Crippen LogP contribution is -2.27. The molecule has 1 unspecified atom stereocenters. The lowest BCUT2D eigenvalue weighted by atomic mass is 10.1. The van der Waals surface area contributed by atoms with E-state index in [9.17, 15) is 4.79 Å². The predicted molar refractivity (Wildman–Crippen MR) is 128 cm³/mol. The number of rotatable bonds is 11. The molecule has 0 aliphatic rings. The Morgan fingerprint density at radius 2 is 1.82 bits per heavy atom. The van der Waals surface area contributed by atoms with Crippen molar-refractivity contribution in [2.75, 3.05) is 6.61 Å². The van der Waals surface area contributed by atoms with E-state index in [-0.39, 0.29) is 17.6 Å². The van der Waals surface area contributed by atoms with Crippen molar-refractivity contribution >= 4 is 5.91 Å². The maximum Gasteiger partial charge on any atom is 0.273 e. The van der Waals surface area contributed by atoms with Crippen molar-refractivity contribution in [3.63, 3.8) is 0 Å². The molecule has 0 saturated heterocycles. The zero-order valence-corrected chi connectivity index (χ0v) is 19.4. The zero-order valence-electron chi connectivity index (χ0n) is 19.4. The molecule has 4 aromatic rings. The second kappa shape index (κ2) is 11.3. The van der Waals surface area contributed by atoms with Crippen molar-refractivity contribution in [1.82, 2.24) is 15.2 Å². The fraction of sp³-hybridized carbons (Fsp3) is 0.259. The molecule has 0 aliphatic heterocycles. The molecule has 0 fully saturated rings. The zero-order chi connectivity index (χ0) is 23.8. The van der Waals surface area contributed by atoms with E-state index >= 15 is 0 Å². The first-order valence-electron chi connectivity index (χ1n) is 11.4. The molecule has 2 aromatic heterocycles. The molecule has 0 saturated carbocycles. The average Bonchev–Trinajstić information content (AvgIpc) is 3.56. The summed E-state index contributed by atoms with van der Waals surface area (Å²) in [6.07, 6.45) is 2.97. The third-order valence-electron chi connectivity index (χ3n) is 5.58. The minimum atomic E-state index is -0.305. The fourth-order valence-electron chi connectivity index (χ4n) is 3.70. The molecular formula is C27H29N3O4. The van der Waals surface area contributed by atoms with Crippen LogP contribution in [0, 0.1) is 0 Å². The van der Waals surface area contributed by atoms with Gasteiger partial charge in [0.2, 0.25) is 5.89 Å². The molecule has 4 rings (SSSR count). The molecule has 0 bridgehead atoms. The maximum absolute atomic E-state index is 12.5. The summed E-state index contributed by atoms with van der Waals surface area (Å²) in [5, 5.41) is 2.79. The van der Waals surface area contributed by atoms with E-state index in [4.69, 9.17) is 13.6 Å². The Bertz CT molecular complexity index is 1150. The maximum atomic E-state index is 12.5. The SMILES string of the molecule is CCOc1ccc(CN(Cc2nc(C(=O)NCc3ccco3)co2)C(C)c2ccccc2)cc1. The summed E-state index contributed by atoms with van der Waals surface area (Å²) in [5.41, 5.74) is 2.58. The lowest BCUT2D eigenvalue weighted by Gasteiger charge is -2.28. The third-order valence-corrected chi connectivity index (χ3v) is 5.58. The standard InChI is InChI=1S/C27H29N3O4/c1-3-32-23-13-11-21(12-14-23)17-30(20(2)22-8-5-4-6-9-22)18-26-29-25(19-34-26)27(31)28-16-24-10-7-15-33-24/h4-15,19-20H,3,16-18H2,1-2H3,(H,28,31). The Kier molecular flexibility index (Phi) is 7.78. The molecule has 34 heavy (non-hydrogen) atoms. The number of ether oxygens (including phenoxy) is 1. The highest BCUT2D eigenvalue weighted by Crippen LogP contribution is 2.25. The van der Waals surface area contributed by atoms with Gasteiger partial charge in [0, 0.05) is 12.6 Å². The normalized spacial score (nSPS) is 12.0. The van der Waals surface area contributed by atoms with Gasteiger partial charge in [-0.3, -0.25) is 9.69 Å². The number of hydrogen-bond acceptors (Lipinski definition) is 6. The van der Waals surface area contributed by atoms with Gasteiger partial charge in [0.1, 0.15) is 17.8 Å². The molecule has 1 N–H and O–H groups in total. The van der Waals surface area contributed by atoms with Crippen LogP contribution in [0.15, 0.2) is 88.1 Å². The molecule has 176 valence electrons. The Hall–Kier alpha value is -3.84. The minimum Gasteiger partial charge on any atom is -0.494 e. The van der Waals surface area contributed by atoms with Crippen LogP contribution in [0.2, 0.25) is 0 Å². The fourth-order valence-corrected chi connectivity index (χ4v) is 3.70. The molecule has 7 heteroatoms. The number of oxazole rings is 1. The van der Waals surface area contributed by atoms with Crippen LogP contribution in [0.1, 0.15) is 53.2 Å². The largest absolute Gasteiger partial charge is 0.494 e. The first-order valence-corrected chi connectivity index (χ1v) is 11.4. The summed E-state index contributed by atoms with van der Waals surface area (Å²) in [7, 11) is 0. The van der Waals surface area contributed by atoms with E-state index < -0.39 is 0 Å². The summed E-state index contributed by atoms with van der Waals surface area (Å²) in [4.78, 5) is 19.2. The molecule has 0 aliphatic carbocycles. The molecular weight excluding hydrogens is 430 g/mol. The second-order valence-electron chi connectivity index (χ2n) is 7.96. The molecule has 1 amide bonds. The Morgan fingerprint density at radius 3 is 2.53 bits per heavy atom. The summed E-state index contributed by atoms with van der Waals surface area (Å²) >= 11 is 0. The number of furan rings is 1. The van der Waals surface area contributed by atoms with Crippen molar-refractivity contribution in [2.24, 2.45) is 0 Å². The van der Waals surface area contributed by atoms with Gasteiger partial charge in [-0.25, -0.2) is 4.98 Å². The highest BCUT2D eigenvalue weighted by Gasteiger charge is 2.20. The molecule has 1 atom stereocenters. The first kappa shape index (κ1) is 23.3. The number of benzene rings is 2. The third kappa shape index (κ3) is 6.14. The minimum absolute atomic E-state index is 0.107. The number of aromatic nitrogens is 1. The molecule has 0 radical (unpaired) electrons. The van der Waals surface area contributed by atoms with Gasteiger partial charge in [-0.2, -0.15) is 0 Å². The van der Waals surface area contributed by atoms with E-state index in [0.29, 0.717) is 37.9 Å². The monoisotopic (exact) mass is 459 g/mol. The van der Waals surface area contributed by atoms with Crippen LogP contribution in [0.25, 0.3) is 0 Å². The van der Waals surface area contributed by atoms with Crippen molar-refractivity contribution < 1.29 is 18.4 Å². The number of nitrogens with zero attached hydrogens (tertiary/aromatic N) is 2. The highest BCUT2D eigenvalue weighted by atomic mass is 16.5. The highest BCUT2D eigenvalue weighted by molar-refractivity contribution is 5.91. The molecule has 7 nitrogen and oxygen atoms in total. The number of nitrogens with one attached hydrogen (secondary N) is 1. The molecule has 2 aromatic carbocycles. The Morgan fingerprint density at radius 1 is 1.03 bits per heavy atom. The molecule has 0 spiro atoms. The topological polar surface area (TPSA) is 80.7 Å². The lowest BCUT2D eigenvalue weighted by molar-refractivity contribution is 0.0943. The number of carbonyl (C=O) groups is 1. The van der Waals surface area contributed by atoms with E-state index in [0.717, 1.165) is 11.3 Å². The van der Waals surface area contributed by atoms with Gasteiger partial charge < -0.3 is 18.9 Å². The van der Waals surface area contributed by atoms with E-state index in [1.54, 1.807) is 18.4 Å². The number of hydrogen-bond donors (Lipinski definition) is 1. The number of carbonyl (C=O) groups excluding carboxylic acids is 1. The van der Waals surface area contributed by atoms with Crippen LogP contribution in [0.5, 0.6) is 5.75 Å². The van der Waals surface area contributed by atoms with Gasteiger partial charge in [0.25, 0.3) is 5.91 Å². The summed E-state index contributed by atoms with van der Waals surface area (Å²) in [6.45, 7) is 6.20. The van der Waals surface area contributed by atoms with Gasteiger partial charge in [-0.15, -0.1) is 0 Å². The van der Waals surface area contributed by atoms with E-state index in [2.05, 4.69) is 46.4 Å². The summed E-state index contributed by atoms with van der Waals surface area (Å²) in [5.74, 6) is 1.71. The van der Waals surface area contributed by atoms with Crippen LogP contribution in [-0.4, -0.2) is 22.4 Å². The van der Waals surface area contributed by atoms with Crippen molar-refractivity contribution in [1.29, 1.82) is 0 Å². The average molecular weight is 460 g/mol. The van der Waals surface area contributed by atoms with Gasteiger partial charge in [0.15, 0.2) is 5.69 Å². The second-order valence-corrected chi connectivity index (χ2v) is 7.96. The number of amides is 1. The van der Waals surface area contributed by atoms with Crippen molar-refractivity contribution in [3.8, 4) is 5.75 Å². The van der Waals surface area contributed by atoms with Gasteiger partial charge in [0.05, 0.1) is 26.0 Å². The Balaban J connectivity index is 1.47. The van der Waals surface area contributed by atoms with Gasteiger partial charge >= 0.3 is 0 Å². The van der Waals surface area contributed by atoms with Crippen molar-refractivity contribution in [2.45, 2.75) is 39.5 Å². The van der Waals surface area contributed by atoms with Crippen LogP contribution in [-0.2, 0) is 19.6 Å². The van der Waals surface area contributed by atoms with Gasteiger partial charge in [-0.05, 0) is 49.2 Å². The van der Waals surface area contributed by atoms with Crippen LogP contribution in [0.4, 0.5) is 0 Å². The van der Waals surface area contributed by atoms with E-state index in [1.807, 2.05) is 37.3 Å². The van der Waals surface area contributed by atoms with Crippen molar-refractivity contribution in [3.05, 3.63) is 108 Å². The Labute approximate surface area is 199 Å². The smallest absolute Gasteiger partial charge is 0.273 e. The van der Waals surface area contributed by atoms with Gasteiger partial charge in [-0.1, -0.05) is 42.5 Å². The van der Waals surface area contributed by atoms with Crippen LogP contribution in [0.3, 0.4) is 0 Å². The van der Waals surface area contributed by atoms with Crippen LogP contribution >= 0.6 is 0 Å². The van der Waals surface area contributed by atoms with Crippen LogP contribution < -0.4 is 10.1 Å². The predicted octanol–water partition coefficient (Wildman–Crippen LogP) is 5.36. The summed E-state index contributed by atoms with van der Waals surface area (Å²) in [6, 6.07) is 22.1. The summed E-state index contributed by atoms with van der Waals surface area (Å²) < 4.78 is 16.5. The quantitative estimate of drug-likeness (QED) is 0.325. The first-order chi connectivity index (χ1) is 16.6.